The molecule has 0 aromatic heterocycles. The van der Waals surface area contributed by atoms with Gasteiger partial charge in [0.25, 0.3) is 5.91 Å². The smallest absolute Gasteiger partial charge is 0.312 e. The summed E-state index contributed by atoms with van der Waals surface area (Å²) in [7, 11) is 0. The van der Waals surface area contributed by atoms with Crippen LogP contribution in [0.2, 0.25) is 0 Å². The van der Waals surface area contributed by atoms with Crippen LogP contribution in [0.15, 0.2) is 54.6 Å². The predicted molar refractivity (Wildman–Crippen MR) is 116 cm³/mol. The molecule has 2 unspecified atom stereocenters. The quantitative estimate of drug-likeness (QED) is 0.727. The number of nitrogens with zero attached hydrogens (tertiary/aromatic N) is 1. The fourth-order valence-corrected chi connectivity index (χ4v) is 6.78. The molecule has 4 bridgehead atoms. The largest absolute Gasteiger partial charge is 0.455 e. The van der Waals surface area contributed by atoms with E-state index < -0.39 is 5.41 Å². The normalized spacial score (nSPS) is 30.4. The van der Waals surface area contributed by atoms with E-state index in [9.17, 15) is 9.59 Å². The lowest BCUT2D eigenvalue weighted by Crippen LogP contribution is -2.57. The van der Waals surface area contributed by atoms with Gasteiger partial charge in [-0.05, 0) is 79.5 Å². The maximum absolute atomic E-state index is 13.3. The lowest BCUT2D eigenvalue weighted by Gasteiger charge is -2.61. The van der Waals surface area contributed by atoms with Gasteiger partial charge in [-0.3, -0.25) is 9.59 Å². The number of nitrogens with one attached hydrogen (secondary N) is 1. The third-order valence-corrected chi connectivity index (χ3v) is 7.49. The van der Waals surface area contributed by atoms with E-state index in [-0.39, 0.29) is 23.9 Å². The zero-order valence-electron chi connectivity index (χ0n) is 17.5. The first-order valence-electron chi connectivity index (χ1n) is 11.0. The average Bonchev–Trinajstić information content (AvgIpc) is 2.77. The number of ether oxygens (including phenoxy) is 1. The van der Waals surface area contributed by atoms with Gasteiger partial charge in [0.2, 0.25) is 0 Å². The van der Waals surface area contributed by atoms with E-state index in [0.29, 0.717) is 23.1 Å². The third kappa shape index (κ3) is 3.61. The number of benzene rings is 2. The third-order valence-electron chi connectivity index (χ3n) is 7.49. The minimum atomic E-state index is -0.471. The van der Waals surface area contributed by atoms with Gasteiger partial charge in [-0.2, -0.15) is 5.26 Å². The molecule has 1 N–H and O–H groups in total. The molecule has 0 radical (unpaired) electrons. The van der Waals surface area contributed by atoms with Crippen molar-refractivity contribution in [3.8, 4) is 6.07 Å². The van der Waals surface area contributed by atoms with Crippen molar-refractivity contribution < 1.29 is 14.3 Å². The minimum Gasteiger partial charge on any atom is -0.455 e. The van der Waals surface area contributed by atoms with Gasteiger partial charge in [0, 0.05) is 5.69 Å². The Labute approximate surface area is 182 Å². The van der Waals surface area contributed by atoms with Gasteiger partial charge in [0.1, 0.15) is 0 Å². The summed E-state index contributed by atoms with van der Waals surface area (Å²) >= 11 is 0. The monoisotopic (exact) mass is 414 g/mol. The topological polar surface area (TPSA) is 79.2 Å². The Balaban J connectivity index is 1.28. The van der Waals surface area contributed by atoms with Crippen molar-refractivity contribution in [3.05, 3.63) is 65.7 Å². The standard InChI is InChI=1S/C26H26N2O3/c27-15-18-5-4-8-22(10-18)28-23(29)16-31-24(30)26-13-19-9-20(14-26)12-25(11-19,17-26)21-6-2-1-3-7-21/h1-8,10,19-20H,9,11-14,16-17H2,(H,28,29). The molecule has 2 atom stereocenters. The van der Waals surface area contributed by atoms with Crippen molar-refractivity contribution in [2.75, 3.05) is 11.9 Å². The van der Waals surface area contributed by atoms with E-state index in [4.69, 9.17) is 10.00 Å². The molecule has 4 aliphatic carbocycles. The number of carbonyl (C=O) groups is 2. The van der Waals surface area contributed by atoms with Crippen molar-refractivity contribution in [2.45, 2.75) is 43.9 Å². The molecule has 1 amide bonds. The number of anilines is 1. The van der Waals surface area contributed by atoms with Crippen molar-refractivity contribution in [3.63, 3.8) is 0 Å². The number of carbonyl (C=O) groups excluding carboxylic acids is 2. The Morgan fingerprint density at radius 2 is 1.77 bits per heavy atom. The molecule has 2 aromatic rings. The molecule has 6 rings (SSSR count). The first-order valence-corrected chi connectivity index (χ1v) is 11.0. The van der Waals surface area contributed by atoms with Gasteiger partial charge in [-0.15, -0.1) is 0 Å². The minimum absolute atomic E-state index is 0.0599. The molecule has 0 heterocycles. The summed E-state index contributed by atoms with van der Waals surface area (Å²) in [6, 6.07) is 19.4. The lowest BCUT2D eigenvalue weighted by atomic mass is 9.43. The molecule has 31 heavy (non-hydrogen) atoms. The molecule has 2 aromatic carbocycles. The van der Waals surface area contributed by atoms with Gasteiger partial charge >= 0.3 is 5.97 Å². The van der Waals surface area contributed by atoms with Crippen LogP contribution in [-0.4, -0.2) is 18.5 Å². The van der Waals surface area contributed by atoms with Crippen LogP contribution in [0.3, 0.4) is 0 Å². The lowest BCUT2D eigenvalue weighted by molar-refractivity contribution is -0.175. The Kier molecular flexibility index (Phi) is 4.81. The number of amides is 1. The zero-order valence-corrected chi connectivity index (χ0v) is 17.5. The molecule has 0 aliphatic heterocycles. The Bertz CT molecular complexity index is 1040. The summed E-state index contributed by atoms with van der Waals surface area (Å²) in [6.45, 7) is -0.301. The molecular weight excluding hydrogens is 388 g/mol. The fourth-order valence-electron chi connectivity index (χ4n) is 6.78. The van der Waals surface area contributed by atoms with E-state index in [2.05, 4.69) is 29.6 Å². The summed E-state index contributed by atoms with van der Waals surface area (Å²) in [5.41, 5.74) is 1.93. The Hall–Kier alpha value is -3.13. The second-order valence-corrected chi connectivity index (χ2v) is 9.70. The van der Waals surface area contributed by atoms with Crippen LogP contribution in [0.25, 0.3) is 0 Å². The molecular formula is C26H26N2O3. The van der Waals surface area contributed by atoms with Crippen molar-refractivity contribution in [1.82, 2.24) is 0 Å². The number of esters is 1. The molecule has 158 valence electrons. The van der Waals surface area contributed by atoms with Crippen LogP contribution in [0, 0.1) is 28.6 Å². The van der Waals surface area contributed by atoms with E-state index >= 15 is 0 Å². The molecule has 5 nitrogen and oxygen atoms in total. The van der Waals surface area contributed by atoms with Gasteiger partial charge < -0.3 is 10.1 Å². The Morgan fingerprint density at radius 1 is 1.03 bits per heavy atom. The number of nitriles is 1. The van der Waals surface area contributed by atoms with Gasteiger partial charge in [-0.25, -0.2) is 0 Å². The molecule has 4 saturated carbocycles. The van der Waals surface area contributed by atoms with Crippen molar-refractivity contribution in [1.29, 1.82) is 5.26 Å². The van der Waals surface area contributed by atoms with Crippen LogP contribution in [0.1, 0.15) is 49.7 Å². The molecule has 0 spiro atoms. The maximum Gasteiger partial charge on any atom is 0.312 e. The van der Waals surface area contributed by atoms with E-state index in [1.807, 2.05) is 12.1 Å². The maximum atomic E-state index is 13.3. The highest BCUT2D eigenvalue weighted by Gasteiger charge is 2.61. The summed E-state index contributed by atoms with van der Waals surface area (Å²) in [6.07, 6.45) is 6.09. The first kappa shape index (κ1) is 19.8. The molecule has 4 fully saturated rings. The van der Waals surface area contributed by atoms with Crippen LogP contribution in [-0.2, 0) is 19.7 Å². The van der Waals surface area contributed by atoms with Crippen LogP contribution in [0.5, 0.6) is 0 Å². The second kappa shape index (κ2) is 7.53. The Morgan fingerprint density at radius 3 is 2.48 bits per heavy atom. The fraction of sp³-hybridized carbons (Fsp3) is 0.423. The number of rotatable bonds is 5. The van der Waals surface area contributed by atoms with Gasteiger partial charge in [-0.1, -0.05) is 36.4 Å². The van der Waals surface area contributed by atoms with E-state index in [1.165, 1.54) is 12.0 Å². The van der Waals surface area contributed by atoms with Crippen molar-refractivity contribution in [2.24, 2.45) is 17.3 Å². The summed E-state index contributed by atoms with van der Waals surface area (Å²) in [5.74, 6) is 0.502. The first-order chi connectivity index (χ1) is 15.0. The highest BCUT2D eigenvalue weighted by atomic mass is 16.5. The highest BCUT2D eigenvalue weighted by Crippen LogP contribution is 2.66. The van der Waals surface area contributed by atoms with E-state index in [1.54, 1.807) is 24.3 Å². The van der Waals surface area contributed by atoms with Crippen LogP contribution in [0.4, 0.5) is 5.69 Å². The van der Waals surface area contributed by atoms with Gasteiger partial charge in [0.15, 0.2) is 6.61 Å². The number of hydrogen-bond donors (Lipinski definition) is 1. The second-order valence-electron chi connectivity index (χ2n) is 9.70. The van der Waals surface area contributed by atoms with Crippen molar-refractivity contribution >= 4 is 17.6 Å². The summed E-state index contributed by atoms with van der Waals surface area (Å²) in [4.78, 5) is 25.6. The molecule has 0 saturated heterocycles. The SMILES string of the molecule is N#Cc1cccc(NC(=O)COC(=O)C23CC4CC(C2)CC(c2ccccc2)(C4)C3)c1. The summed E-state index contributed by atoms with van der Waals surface area (Å²) in [5, 5.41) is 11.7. The van der Waals surface area contributed by atoms with Gasteiger partial charge in [0.05, 0.1) is 17.0 Å². The molecule has 5 heteroatoms. The van der Waals surface area contributed by atoms with E-state index in [0.717, 1.165) is 32.1 Å². The summed E-state index contributed by atoms with van der Waals surface area (Å²) < 4.78 is 5.58. The number of hydrogen-bond acceptors (Lipinski definition) is 4. The van der Waals surface area contributed by atoms with Crippen LogP contribution >= 0.6 is 0 Å². The zero-order chi connectivity index (χ0) is 21.5. The predicted octanol–water partition coefficient (Wildman–Crippen LogP) is 4.58. The average molecular weight is 415 g/mol. The van der Waals surface area contributed by atoms with Crippen LogP contribution < -0.4 is 5.32 Å². The molecule has 4 aliphatic rings. The highest BCUT2D eigenvalue weighted by molar-refractivity contribution is 5.93.